The van der Waals surface area contributed by atoms with Gasteiger partial charge in [-0.15, -0.1) is 0 Å². The van der Waals surface area contributed by atoms with Gasteiger partial charge in [0.05, 0.1) is 40.8 Å². The maximum Gasteiger partial charge on any atom is 0.301 e. The summed E-state index contributed by atoms with van der Waals surface area (Å²) in [6, 6.07) is 20.2. The predicted molar refractivity (Wildman–Crippen MR) is 134 cm³/mol. The van der Waals surface area contributed by atoms with Gasteiger partial charge in [-0.1, -0.05) is 30.3 Å². The van der Waals surface area contributed by atoms with E-state index in [4.69, 9.17) is 9.84 Å². The van der Waals surface area contributed by atoms with Crippen LogP contribution in [0.15, 0.2) is 77.8 Å². The number of non-ortho nitro benzene ring substituents is 1. The first-order valence-electron chi connectivity index (χ1n) is 11.0. The third kappa shape index (κ3) is 4.02. The standard InChI is InChI=1S/C25H20N6O5/c1-36-19-10-7-17(8-11-19)24-22(25-26-13-14-27-25)23(16-5-3-2-4-6-16)28-29(24)20-12-9-18(30(32)33)15-21(20)31(34)35/h2-12,15H,13-14H2,1H3,(H,26,27). The zero-order chi connectivity index (χ0) is 25.2. The van der Waals surface area contributed by atoms with E-state index in [2.05, 4.69) is 10.3 Å². The molecule has 11 heteroatoms. The first kappa shape index (κ1) is 22.7. The average Bonchev–Trinajstić information content (AvgIpc) is 3.57. The number of aromatic nitrogens is 2. The lowest BCUT2D eigenvalue weighted by Crippen LogP contribution is -2.20. The molecule has 0 radical (unpaired) electrons. The van der Waals surface area contributed by atoms with Crippen LogP contribution in [0.3, 0.4) is 0 Å². The summed E-state index contributed by atoms with van der Waals surface area (Å²) in [6.45, 7) is 1.23. The van der Waals surface area contributed by atoms with Crippen LogP contribution in [0.1, 0.15) is 5.56 Å². The quantitative estimate of drug-likeness (QED) is 0.303. The molecule has 5 rings (SSSR count). The number of nitro groups is 2. The second-order valence-corrected chi connectivity index (χ2v) is 7.92. The molecule has 0 atom stereocenters. The predicted octanol–water partition coefficient (Wildman–Crippen LogP) is 4.38. The Bertz CT molecular complexity index is 1500. The van der Waals surface area contributed by atoms with Gasteiger partial charge in [-0.3, -0.25) is 25.2 Å². The molecule has 1 aliphatic heterocycles. The van der Waals surface area contributed by atoms with Crippen LogP contribution in [0.5, 0.6) is 5.75 Å². The van der Waals surface area contributed by atoms with Crippen molar-refractivity contribution in [1.82, 2.24) is 15.1 Å². The molecular weight excluding hydrogens is 464 g/mol. The second kappa shape index (κ2) is 9.29. The van der Waals surface area contributed by atoms with Gasteiger partial charge in [0.15, 0.2) is 0 Å². The van der Waals surface area contributed by atoms with Crippen molar-refractivity contribution in [2.24, 2.45) is 4.99 Å². The molecule has 0 saturated heterocycles. The SMILES string of the molecule is COc1ccc(-c2c(C3=NCCN3)c(-c3ccccc3)nn2-c2ccc([N+](=O)[O-])cc2[N+](=O)[O-])cc1. The maximum absolute atomic E-state index is 12.0. The molecule has 0 amide bonds. The van der Waals surface area contributed by atoms with Crippen LogP contribution in [0.4, 0.5) is 11.4 Å². The number of hydrogen-bond donors (Lipinski definition) is 1. The van der Waals surface area contributed by atoms with Crippen LogP contribution in [-0.2, 0) is 0 Å². The number of aliphatic imine (C=N–C) groups is 1. The van der Waals surface area contributed by atoms with E-state index < -0.39 is 15.5 Å². The van der Waals surface area contributed by atoms with Gasteiger partial charge in [0, 0.05) is 23.7 Å². The van der Waals surface area contributed by atoms with E-state index in [1.165, 1.54) is 16.8 Å². The molecule has 0 spiro atoms. The van der Waals surface area contributed by atoms with Crippen molar-refractivity contribution in [3.05, 3.63) is 98.6 Å². The Hall–Kier alpha value is -5.06. The monoisotopic (exact) mass is 484 g/mol. The Morgan fingerprint density at radius 2 is 1.69 bits per heavy atom. The van der Waals surface area contributed by atoms with E-state index in [9.17, 15) is 20.2 Å². The summed E-state index contributed by atoms with van der Waals surface area (Å²) in [7, 11) is 1.57. The van der Waals surface area contributed by atoms with Crippen molar-refractivity contribution in [3.8, 4) is 34.0 Å². The van der Waals surface area contributed by atoms with Gasteiger partial charge in [0.25, 0.3) is 5.69 Å². The second-order valence-electron chi connectivity index (χ2n) is 7.92. The number of ether oxygens (including phenoxy) is 1. The number of nitro benzene ring substituents is 2. The van der Waals surface area contributed by atoms with Crippen molar-refractivity contribution in [3.63, 3.8) is 0 Å². The van der Waals surface area contributed by atoms with Crippen molar-refractivity contribution in [2.45, 2.75) is 0 Å². The molecule has 180 valence electrons. The lowest BCUT2D eigenvalue weighted by Gasteiger charge is -2.12. The molecule has 0 unspecified atom stereocenters. The van der Waals surface area contributed by atoms with Crippen molar-refractivity contribution in [1.29, 1.82) is 0 Å². The fourth-order valence-corrected chi connectivity index (χ4v) is 4.15. The zero-order valence-electron chi connectivity index (χ0n) is 19.1. The van der Waals surface area contributed by atoms with Crippen LogP contribution in [0.25, 0.3) is 28.2 Å². The molecule has 36 heavy (non-hydrogen) atoms. The summed E-state index contributed by atoms with van der Waals surface area (Å²) < 4.78 is 6.76. The molecule has 1 aliphatic rings. The van der Waals surface area contributed by atoms with Crippen LogP contribution < -0.4 is 10.1 Å². The summed E-state index contributed by atoms with van der Waals surface area (Å²) >= 11 is 0. The number of methoxy groups -OCH3 is 1. The minimum absolute atomic E-state index is 0.0958. The number of hydrogen-bond acceptors (Lipinski definition) is 8. The normalized spacial score (nSPS) is 12.6. The molecular formula is C25H20N6O5. The molecule has 0 aliphatic carbocycles. The van der Waals surface area contributed by atoms with Gasteiger partial charge in [-0.25, -0.2) is 4.68 Å². The molecule has 2 heterocycles. The highest BCUT2D eigenvalue weighted by Gasteiger charge is 2.30. The highest BCUT2D eigenvalue weighted by molar-refractivity contribution is 6.09. The van der Waals surface area contributed by atoms with E-state index in [0.29, 0.717) is 47.2 Å². The smallest absolute Gasteiger partial charge is 0.301 e. The van der Waals surface area contributed by atoms with E-state index in [1.807, 2.05) is 42.5 Å². The fraction of sp³-hybridized carbons (Fsp3) is 0.120. The number of amidine groups is 1. The molecule has 1 aromatic heterocycles. The van der Waals surface area contributed by atoms with Crippen molar-refractivity contribution in [2.75, 3.05) is 20.2 Å². The minimum atomic E-state index is -0.664. The van der Waals surface area contributed by atoms with Crippen molar-refractivity contribution < 1.29 is 14.6 Å². The van der Waals surface area contributed by atoms with E-state index in [-0.39, 0.29) is 11.4 Å². The number of benzene rings is 3. The topological polar surface area (TPSA) is 138 Å². The van der Waals surface area contributed by atoms with Gasteiger partial charge in [0.1, 0.15) is 23.0 Å². The largest absolute Gasteiger partial charge is 0.497 e. The molecule has 11 nitrogen and oxygen atoms in total. The Labute approximate surface area is 205 Å². The van der Waals surface area contributed by atoms with Crippen LogP contribution in [0.2, 0.25) is 0 Å². The Morgan fingerprint density at radius 3 is 2.31 bits per heavy atom. The fourth-order valence-electron chi connectivity index (χ4n) is 4.15. The van der Waals surface area contributed by atoms with Crippen LogP contribution in [0, 0.1) is 20.2 Å². The molecule has 1 N–H and O–H groups in total. The van der Waals surface area contributed by atoms with E-state index >= 15 is 0 Å². The summed E-state index contributed by atoms with van der Waals surface area (Å²) in [6.07, 6.45) is 0. The molecule has 4 aromatic rings. The first-order chi connectivity index (χ1) is 17.5. The lowest BCUT2D eigenvalue weighted by molar-refractivity contribution is -0.394. The summed E-state index contributed by atoms with van der Waals surface area (Å²) in [4.78, 5) is 26.6. The summed E-state index contributed by atoms with van der Waals surface area (Å²) in [5.74, 6) is 1.27. The Morgan fingerprint density at radius 1 is 0.944 bits per heavy atom. The van der Waals surface area contributed by atoms with E-state index in [0.717, 1.165) is 11.6 Å². The van der Waals surface area contributed by atoms with Gasteiger partial charge < -0.3 is 10.1 Å². The minimum Gasteiger partial charge on any atom is -0.497 e. The third-order valence-electron chi connectivity index (χ3n) is 5.80. The number of rotatable bonds is 7. The van der Waals surface area contributed by atoms with E-state index in [1.54, 1.807) is 19.2 Å². The van der Waals surface area contributed by atoms with Crippen LogP contribution in [-0.4, -0.2) is 45.7 Å². The zero-order valence-corrected chi connectivity index (χ0v) is 19.1. The molecule has 0 fully saturated rings. The van der Waals surface area contributed by atoms with Crippen molar-refractivity contribution >= 4 is 17.2 Å². The number of nitrogens with one attached hydrogen (secondary N) is 1. The summed E-state index contributed by atoms with van der Waals surface area (Å²) in [5.41, 5.74) is 2.59. The van der Waals surface area contributed by atoms with Gasteiger partial charge in [-0.2, -0.15) is 5.10 Å². The van der Waals surface area contributed by atoms with Gasteiger partial charge in [-0.05, 0) is 30.3 Å². The summed E-state index contributed by atoms with van der Waals surface area (Å²) in [5, 5.41) is 31.4. The highest BCUT2D eigenvalue weighted by atomic mass is 16.6. The third-order valence-corrected chi connectivity index (χ3v) is 5.80. The first-order valence-corrected chi connectivity index (χ1v) is 11.0. The van der Waals surface area contributed by atoms with Crippen LogP contribution >= 0.6 is 0 Å². The van der Waals surface area contributed by atoms with Gasteiger partial charge >= 0.3 is 5.69 Å². The Kier molecular flexibility index (Phi) is 5.87. The molecule has 0 saturated carbocycles. The highest BCUT2D eigenvalue weighted by Crippen LogP contribution is 2.38. The van der Waals surface area contributed by atoms with Gasteiger partial charge in [0.2, 0.25) is 0 Å². The maximum atomic E-state index is 12.0. The Balaban J connectivity index is 1.86. The molecule has 3 aromatic carbocycles. The average molecular weight is 484 g/mol. The lowest BCUT2D eigenvalue weighted by atomic mass is 10.0. The molecule has 0 bridgehead atoms. The number of nitrogens with zero attached hydrogens (tertiary/aromatic N) is 5.